The highest BCUT2D eigenvalue weighted by molar-refractivity contribution is 6.63. The Labute approximate surface area is 124 Å². The molecule has 2 aromatic rings. The SMILES string of the molecule is CN(C)c1nc(B2OC(C)(C)C(C)(C)O2)c2[nH]cnc2n1. The van der Waals surface area contributed by atoms with Gasteiger partial charge >= 0.3 is 7.12 Å². The zero-order valence-electron chi connectivity index (χ0n) is 13.3. The minimum Gasteiger partial charge on any atom is -0.398 e. The lowest BCUT2D eigenvalue weighted by atomic mass is 9.83. The van der Waals surface area contributed by atoms with Crippen LogP contribution in [-0.2, 0) is 9.31 Å². The molecule has 0 spiro atoms. The third kappa shape index (κ3) is 2.18. The van der Waals surface area contributed by atoms with Crippen molar-refractivity contribution in [2.75, 3.05) is 19.0 Å². The van der Waals surface area contributed by atoms with Gasteiger partial charge in [0.05, 0.1) is 17.5 Å². The van der Waals surface area contributed by atoms with Gasteiger partial charge in [-0.3, -0.25) is 0 Å². The highest BCUT2D eigenvalue weighted by Gasteiger charge is 2.53. The fourth-order valence-electron chi connectivity index (χ4n) is 2.17. The molecule has 0 bridgehead atoms. The molecule has 1 fully saturated rings. The van der Waals surface area contributed by atoms with Crippen molar-refractivity contribution < 1.29 is 9.31 Å². The van der Waals surface area contributed by atoms with E-state index < -0.39 is 18.3 Å². The molecule has 2 aromatic heterocycles. The average molecular weight is 289 g/mol. The summed E-state index contributed by atoms with van der Waals surface area (Å²) in [7, 11) is 3.24. The van der Waals surface area contributed by atoms with E-state index in [1.54, 1.807) is 6.33 Å². The minimum absolute atomic E-state index is 0.409. The summed E-state index contributed by atoms with van der Waals surface area (Å²) in [6.07, 6.45) is 1.60. The molecular weight excluding hydrogens is 269 g/mol. The van der Waals surface area contributed by atoms with Crippen LogP contribution < -0.4 is 10.5 Å². The van der Waals surface area contributed by atoms with E-state index in [1.807, 2.05) is 46.7 Å². The van der Waals surface area contributed by atoms with Gasteiger partial charge in [0.25, 0.3) is 0 Å². The molecular formula is C13H20BN5O2. The molecule has 0 saturated carbocycles. The molecule has 0 amide bonds. The zero-order chi connectivity index (χ0) is 15.4. The Morgan fingerprint density at radius 1 is 1.10 bits per heavy atom. The first kappa shape index (κ1) is 14.3. The first-order valence-corrected chi connectivity index (χ1v) is 6.95. The second-order valence-electron chi connectivity index (χ2n) is 6.49. The normalized spacial score (nSPS) is 20.2. The maximum absolute atomic E-state index is 6.08. The Morgan fingerprint density at radius 2 is 1.71 bits per heavy atom. The molecule has 7 nitrogen and oxygen atoms in total. The highest BCUT2D eigenvalue weighted by atomic mass is 16.7. The Bertz CT molecular complexity index is 666. The third-order valence-corrected chi connectivity index (χ3v) is 4.18. The van der Waals surface area contributed by atoms with Crippen LogP contribution in [-0.4, -0.2) is 52.4 Å². The second-order valence-corrected chi connectivity index (χ2v) is 6.49. The van der Waals surface area contributed by atoms with Crippen LogP contribution in [0.2, 0.25) is 0 Å². The standard InChI is InChI=1S/C13H20BN5O2/c1-12(2)13(3,4)21-14(20-12)9-8-10(16-7-15-8)18-11(17-9)19(5)6/h7H,1-6H3,(H,15,16,17,18). The van der Waals surface area contributed by atoms with Gasteiger partial charge in [0, 0.05) is 14.1 Å². The fraction of sp³-hybridized carbons (Fsp3) is 0.615. The van der Waals surface area contributed by atoms with E-state index >= 15 is 0 Å². The summed E-state index contributed by atoms with van der Waals surface area (Å²) in [5.74, 6) is 0.583. The molecule has 0 unspecified atom stereocenters. The number of aromatic nitrogens is 4. The second kappa shape index (κ2) is 4.41. The first-order valence-electron chi connectivity index (χ1n) is 6.95. The van der Waals surface area contributed by atoms with Crippen molar-refractivity contribution in [2.45, 2.75) is 38.9 Å². The smallest absolute Gasteiger partial charge is 0.398 e. The Morgan fingerprint density at radius 3 is 2.29 bits per heavy atom. The van der Waals surface area contributed by atoms with Crippen LogP contribution in [0.4, 0.5) is 5.95 Å². The maximum atomic E-state index is 6.08. The fourth-order valence-corrected chi connectivity index (χ4v) is 2.17. The van der Waals surface area contributed by atoms with E-state index in [0.29, 0.717) is 17.2 Å². The van der Waals surface area contributed by atoms with Crippen LogP contribution in [0.3, 0.4) is 0 Å². The number of imidazole rings is 1. The molecule has 1 N–H and O–H groups in total. The van der Waals surface area contributed by atoms with Crippen molar-refractivity contribution >= 4 is 29.8 Å². The van der Waals surface area contributed by atoms with Crippen molar-refractivity contribution in [1.82, 2.24) is 19.9 Å². The lowest BCUT2D eigenvalue weighted by Gasteiger charge is -2.32. The summed E-state index contributed by atoms with van der Waals surface area (Å²) in [5.41, 5.74) is 1.22. The van der Waals surface area contributed by atoms with Gasteiger partial charge in [-0.15, -0.1) is 0 Å². The Balaban J connectivity index is 2.10. The number of nitrogens with zero attached hydrogens (tertiary/aromatic N) is 4. The first-order chi connectivity index (χ1) is 9.71. The summed E-state index contributed by atoms with van der Waals surface area (Å²) < 4.78 is 12.2. The van der Waals surface area contributed by atoms with Gasteiger partial charge in [-0.2, -0.15) is 4.98 Å². The van der Waals surface area contributed by atoms with Crippen molar-refractivity contribution in [3.8, 4) is 0 Å². The van der Waals surface area contributed by atoms with Gasteiger partial charge in [-0.1, -0.05) is 0 Å². The Kier molecular flexibility index (Phi) is 3.00. The molecule has 0 atom stereocenters. The summed E-state index contributed by atoms with van der Waals surface area (Å²) in [4.78, 5) is 18.1. The van der Waals surface area contributed by atoms with Crippen LogP contribution >= 0.6 is 0 Å². The third-order valence-electron chi connectivity index (χ3n) is 4.18. The van der Waals surface area contributed by atoms with Crippen LogP contribution in [0.25, 0.3) is 11.2 Å². The number of aromatic amines is 1. The van der Waals surface area contributed by atoms with Crippen molar-refractivity contribution in [3.05, 3.63) is 6.33 Å². The lowest BCUT2D eigenvalue weighted by molar-refractivity contribution is 0.00578. The number of H-pyrrole nitrogens is 1. The average Bonchev–Trinajstić information content (AvgIpc) is 2.90. The van der Waals surface area contributed by atoms with Crippen molar-refractivity contribution in [1.29, 1.82) is 0 Å². The lowest BCUT2D eigenvalue weighted by Crippen LogP contribution is -2.41. The quantitative estimate of drug-likeness (QED) is 0.821. The zero-order valence-corrected chi connectivity index (χ0v) is 13.3. The Hall–Kier alpha value is -1.67. The predicted octanol–water partition coefficient (Wildman–Crippen LogP) is 0.718. The van der Waals surface area contributed by atoms with Crippen molar-refractivity contribution in [2.24, 2.45) is 0 Å². The predicted molar refractivity (Wildman–Crippen MR) is 81.7 cm³/mol. The summed E-state index contributed by atoms with van der Waals surface area (Å²) in [6.45, 7) is 8.08. The molecule has 1 aliphatic rings. The molecule has 112 valence electrons. The highest BCUT2D eigenvalue weighted by Crippen LogP contribution is 2.36. The van der Waals surface area contributed by atoms with Crippen LogP contribution in [0.5, 0.6) is 0 Å². The molecule has 0 aromatic carbocycles. The largest absolute Gasteiger partial charge is 0.517 e. The van der Waals surface area contributed by atoms with Gasteiger partial charge in [-0.25, -0.2) is 9.97 Å². The van der Waals surface area contributed by atoms with Crippen LogP contribution in [0.15, 0.2) is 6.33 Å². The van der Waals surface area contributed by atoms with E-state index in [1.165, 1.54) is 0 Å². The van der Waals surface area contributed by atoms with E-state index in [0.717, 1.165) is 5.52 Å². The molecule has 0 radical (unpaired) electrons. The monoisotopic (exact) mass is 289 g/mol. The van der Waals surface area contributed by atoms with E-state index in [9.17, 15) is 0 Å². The van der Waals surface area contributed by atoms with E-state index in [-0.39, 0.29) is 0 Å². The molecule has 0 aliphatic carbocycles. The molecule has 21 heavy (non-hydrogen) atoms. The van der Waals surface area contributed by atoms with E-state index in [4.69, 9.17) is 9.31 Å². The number of hydrogen-bond acceptors (Lipinski definition) is 6. The van der Waals surface area contributed by atoms with Gasteiger partial charge in [-0.05, 0) is 27.7 Å². The summed E-state index contributed by atoms with van der Waals surface area (Å²) in [6, 6.07) is 0. The number of rotatable bonds is 2. The van der Waals surface area contributed by atoms with Gasteiger partial charge in [0.15, 0.2) is 5.65 Å². The topological polar surface area (TPSA) is 76.2 Å². The molecule has 3 heterocycles. The molecule has 8 heteroatoms. The van der Waals surface area contributed by atoms with Gasteiger partial charge < -0.3 is 19.2 Å². The number of anilines is 1. The number of nitrogens with one attached hydrogen (secondary N) is 1. The van der Waals surface area contributed by atoms with Gasteiger partial charge in [0.2, 0.25) is 5.95 Å². The van der Waals surface area contributed by atoms with Crippen LogP contribution in [0, 0.1) is 0 Å². The van der Waals surface area contributed by atoms with Crippen LogP contribution in [0.1, 0.15) is 27.7 Å². The number of fused-ring (bicyclic) bond motifs is 1. The van der Waals surface area contributed by atoms with E-state index in [2.05, 4.69) is 19.9 Å². The van der Waals surface area contributed by atoms with Gasteiger partial charge in [0.1, 0.15) is 11.1 Å². The number of hydrogen-bond donors (Lipinski definition) is 1. The summed E-state index contributed by atoms with van der Waals surface area (Å²) >= 11 is 0. The molecule has 1 saturated heterocycles. The molecule has 3 rings (SSSR count). The van der Waals surface area contributed by atoms with Crippen molar-refractivity contribution in [3.63, 3.8) is 0 Å². The molecule has 1 aliphatic heterocycles. The maximum Gasteiger partial charge on any atom is 0.517 e. The summed E-state index contributed by atoms with van der Waals surface area (Å²) in [5, 5.41) is 0. The minimum atomic E-state index is -0.542.